The van der Waals surface area contributed by atoms with Gasteiger partial charge in [0.1, 0.15) is 11.6 Å². The van der Waals surface area contributed by atoms with Crippen LogP contribution in [0.25, 0.3) is 0 Å². The predicted molar refractivity (Wildman–Crippen MR) is 112 cm³/mol. The average Bonchev–Trinajstić information content (AvgIpc) is 2.81. The molecule has 1 aromatic rings. The van der Waals surface area contributed by atoms with Gasteiger partial charge in [0.15, 0.2) is 0 Å². The highest BCUT2D eigenvalue weighted by Gasteiger charge is 2.26. The molecule has 0 aromatic heterocycles. The fourth-order valence-electron chi connectivity index (χ4n) is 3.27. The van der Waals surface area contributed by atoms with Crippen LogP contribution in [0.2, 0.25) is 0 Å². The van der Waals surface area contributed by atoms with E-state index in [-0.39, 0.29) is 23.8 Å². The van der Waals surface area contributed by atoms with E-state index >= 15 is 0 Å². The van der Waals surface area contributed by atoms with Gasteiger partial charge in [-0.3, -0.25) is 14.6 Å². The maximum Gasteiger partial charge on any atom is 0.309 e. The number of rotatable bonds is 8. The third-order valence-corrected chi connectivity index (χ3v) is 4.85. The van der Waals surface area contributed by atoms with Crippen molar-refractivity contribution in [3.8, 4) is 0 Å². The molecule has 154 valence electrons. The van der Waals surface area contributed by atoms with Crippen LogP contribution in [-0.2, 0) is 20.7 Å². The standard InChI is InChI=1S/C23H34N2O3/c1-18(22(27)28-23(2,3)4)10-8-13-20-21(26)25(16-9-15-24-20)17-14-19-11-6-5-7-12-19/h5-7,11-12,15,18,20H,8-10,13-14,16-17H2,1-4H3. The summed E-state index contributed by atoms with van der Waals surface area (Å²) in [6.07, 6.45) is 5.69. The highest BCUT2D eigenvalue weighted by molar-refractivity contribution is 5.85. The molecule has 5 nitrogen and oxygen atoms in total. The SMILES string of the molecule is CC(CCCC1N=CCCN(CCc2ccccc2)C1=O)C(=O)OC(C)(C)C. The summed E-state index contributed by atoms with van der Waals surface area (Å²) in [5.41, 5.74) is 0.773. The zero-order chi connectivity index (χ0) is 20.6. The molecule has 1 aromatic carbocycles. The van der Waals surface area contributed by atoms with Crippen LogP contribution in [-0.4, -0.2) is 47.7 Å². The quantitative estimate of drug-likeness (QED) is 0.633. The van der Waals surface area contributed by atoms with Crippen molar-refractivity contribution in [2.24, 2.45) is 10.9 Å². The van der Waals surface area contributed by atoms with Crippen molar-refractivity contribution in [1.82, 2.24) is 4.90 Å². The Kier molecular flexibility index (Phi) is 8.21. The minimum absolute atomic E-state index is 0.106. The predicted octanol–water partition coefficient (Wildman–Crippen LogP) is 4.05. The van der Waals surface area contributed by atoms with Crippen LogP contribution in [0.1, 0.15) is 58.9 Å². The topological polar surface area (TPSA) is 59.0 Å². The van der Waals surface area contributed by atoms with E-state index in [1.807, 2.05) is 57.0 Å². The maximum atomic E-state index is 12.9. The first-order valence-electron chi connectivity index (χ1n) is 10.3. The lowest BCUT2D eigenvalue weighted by Crippen LogP contribution is -2.39. The van der Waals surface area contributed by atoms with E-state index in [4.69, 9.17) is 4.74 Å². The number of esters is 1. The van der Waals surface area contributed by atoms with Crippen molar-refractivity contribution in [3.63, 3.8) is 0 Å². The number of nitrogens with zero attached hydrogens (tertiary/aromatic N) is 2. The summed E-state index contributed by atoms with van der Waals surface area (Å²) in [6, 6.07) is 9.91. The normalized spacial score (nSPS) is 18.6. The fourth-order valence-corrected chi connectivity index (χ4v) is 3.27. The number of hydrogen-bond acceptors (Lipinski definition) is 4. The molecule has 0 aliphatic carbocycles. The molecule has 1 aliphatic rings. The second-order valence-corrected chi connectivity index (χ2v) is 8.56. The van der Waals surface area contributed by atoms with E-state index in [2.05, 4.69) is 17.1 Å². The van der Waals surface area contributed by atoms with E-state index in [1.165, 1.54) is 5.56 Å². The lowest BCUT2D eigenvalue weighted by Gasteiger charge is -2.24. The zero-order valence-corrected chi connectivity index (χ0v) is 17.7. The second kappa shape index (κ2) is 10.4. The van der Waals surface area contributed by atoms with Gasteiger partial charge in [0.25, 0.3) is 0 Å². The lowest BCUT2D eigenvalue weighted by molar-refractivity contribution is -0.159. The number of hydrogen-bond donors (Lipinski definition) is 0. The minimum Gasteiger partial charge on any atom is -0.460 e. The Bertz CT molecular complexity index is 664. The monoisotopic (exact) mass is 386 g/mol. The number of aliphatic imine (C=N–C) groups is 1. The van der Waals surface area contributed by atoms with Crippen molar-refractivity contribution in [3.05, 3.63) is 35.9 Å². The lowest BCUT2D eigenvalue weighted by atomic mass is 10.0. The Hall–Kier alpha value is -2.17. The van der Waals surface area contributed by atoms with E-state index in [1.54, 1.807) is 0 Å². The van der Waals surface area contributed by atoms with Crippen LogP contribution in [0.4, 0.5) is 0 Å². The molecule has 0 saturated heterocycles. The summed E-state index contributed by atoms with van der Waals surface area (Å²) < 4.78 is 5.43. The molecule has 0 bridgehead atoms. The van der Waals surface area contributed by atoms with Crippen molar-refractivity contribution in [2.45, 2.75) is 71.4 Å². The van der Waals surface area contributed by atoms with Crippen LogP contribution >= 0.6 is 0 Å². The van der Waals surface area contributed by atoms with E-state index in [9.17, 15) is 9.59 Å². The van der Waals surface area contributed by atoms with Gasteiger partial charge in [-0.05, 0) is 58.4 Å². The van der Waals surface area contributed by atoms with Crippen molar-refractivity contribution >= 4 is 18.1 Å². The molecule has 2 unspecified atom stereocenters. The van der Waals surface area contributed by atoms with Crippen molar-refractivity contribution in [1.29, 1.82) is 0 Å². The van der Waals surface area contributed by atoms with E-state index < -0.39 is 5.60 Å². The molecule has 1 amide bonds. The molecule has 2 atom stereocenters. The van der Waals surface area contributed by atoms with Crippen molar-refractivity contribution in [2.75, 3.05) is 13.1 Å². The highest BCUT2D eigenvalue weighted by atomic mass is 16.6. The van der Waals surface area contributed by atoms with Gasteiger partial charge in [-0.15, -0.1) is 0 Å². The molecule has 0 spiro atoms. The Morgan fingerprint density at radius 2 is 2.00 bits per heavy atom. The fraction of sp³-hybridized carbons (Fsp3) is 0.609. The highest BCUT2D eigenvalue weighted by Crippen LogP contribution is 2.18. The minimum atomic E-state index is -0.466. The first-order valence-corrected chi connectivity index (χ1v) is 10.3. The molecule has 0 saturated carbocycles. The number of carbonyl (C=O) groups is 2. The summed E-state index contributed by atoms with van der Waals surface area (Å²) in [6.45, 7) is 8.96. The van der Waals surface area contributed by atoms with Gasteiger partial charge in [-0.1, -0.05) is 37.3 Å². The smallest absolute Gasteiger partial charge is 0.309 e. The molecule has 2 rings (SSSR count). The molecule has 1 aliphatic heterocycles. The second-order valence-electron chi connectivity index (χ2n) is 8.56. The Morgan fingerprint density at radius 3 is 2.68 bits per heavy atom. The number of carbonyl (C=O) groups excluding carboxylic acids is 2. The van der Waals surface area contributed by atoms with Gasteiger partial charge >= 0.3 is 5.97 Å². The molecule has 5 heteroatoms. The molecular formula is C23H34N2O3. The Labute approximate surface area is 169 Å². The van der Waals surface area contributed by atoms with Gasteiger partial charge in [0, 0.05) is 19.3 Å². The third kappa shape index (κ3) is 7.45. The van der Waals surface area contributed by atoms with Crippen LogP contribution in [0.5, 0.6) is 0 Å². The molecular weight excluding hydrogens is 352 g/mol. The summed E-state index contributed by atoms with van der Waals surface area (Å²) in [7, 11) is 0. The van der Waals surface area contributed by atoms with Crippen LogP contribution < -0.4 is 0 Å². The van der Waals surface area contributed by atoms with Gasteiger partial charge in [-0.2, -0.15) is 0 Å². The van der Waals surface area contributed by atoms with Gasteiger partial charge in [-0.25, -0.2) is 0 Å². The Morgan fingerprint density at radius 1 is 1.29 bits per heavy atom. The number of amides is 1. The van der Waals surface area contributed by atoms with Gasteiger partial charge in [0.05, 0.1) is 5.92 Å². The van der Waals surface area contributed by atoms with Crippen LogP contribution in [0, 0.1) is 5.92 Å². The summed E-state index contributed by atoms with van der Waals surface area (Å²) in [5.74, 6) is -0.236. The average molecular weight is 387 g/mol. The van der Waals surface area contributed by atoms with E-state index in [0.29, 0.717) is 12.8 Å². The zero-order valence-electron chi connectivity index (χ0n) is 17.7. The third-order valence-electron chi connectivity index (χ3n) is 4.85. The summed E-state index contributed by atoms with van der Waals surface area (Å²) in [4.78, 5) is 31.4. The maximum absolute atomic E-state index is 12.9. The van der Waals surface area contributed by atoms with Crippen LogP contribution in [0.3, 0.4) is 0 Å². The van der Waals surface area contributed by atoms with Gasteiger partial charge < -0.3 is 9.64 Å². The Balaban J connectivity index is 1.81. The van der Waals surface area contributed by atoms with Crippen LogP contribution in [0.15, 0.2) is 35.3 Å². The summed E-state index contributed by atoms with van der Waals surface area (Å²) in [5, 5.41) is 0. The number of ether oxygens (including phenoxy) is 1. The largest absolute Gasteiger partial charge is 0.460 e. The molecule has 0 radical (unpaired) electrons. The number of benzene rings is 1. The first-order chi connectivity index (χ1) is 13.3. The van der Waals surface area contributed by atoms with Gasteiger partial charge in [0.2, 0.25) is 5.91 Å². The molecule has 1 heterocycles. The molecule has 0 N–H and O–H groups in total. The molecule has 28 heavy (non-hydrogen) atoms. The summed E-state index contributed by atoms with van der Waals surface area (Å²) >= 11 is 0. The first kappa shape index (κ1) is 22.1. The van der Waals surface area contributed by atoms with Crippen molar-refractivity contribution < 1.29 is 14.3 Å². The molecule has 0 fully saturated rings. The van der Waals surface area contributed by atoms with E-state index in [0.717, 1.165) is 32.4 Å².